The van der Waals surface area contributed by atoms with Crippen LogP contribution in [0.1, 0.15) is 29.4 Å². The number of anilines is 1. The maximum Gasteiger partial charge on any atom is 0.249 e. The van der Waals surface area contributed by atoms with Crippen molar-refractivity contribution in [3.8, 4) is 0 Å². The molecule has 0 atom stereocenters. The zero-order chi connectivity index (χ0) is 23.6. The number of piperidine rings is 1. The molecule has 2 N–H and O–H groups in total. The molecule has 0 radical (unpaired) electrons. The number of hydrogen-bond donors (Lipinski definition) is 2. The summed E-state index contributed by atoms with van der Waals surface area (Å²) in [6.45, 7) is -4.40. The van der Waals surface area contributed by atoms with Gasteiger partial charge >= 0.3 is 0 Å². The van der Waals surface area contributed by atoms with Gasteiger partial charge in [0, 0.05) is 40.2 Å². The second-order valence-electron chi connectivity index (χ2n) is 4.87. The van der Waals surface area contributed by atoms with Gasteiger partial charge < -0.3 is 10.3 Å². The Balaban J connectivity index is 2.15. The van der Waals surface area contributed by atoms with E-state index in [1.54, 1.807) is 0 Å². The number of aromatic nitrogens is 3. The van der Waals surface area contributed by atoms with Crippen LogP contribution in [-0.4, -0.2) is 53.0 Å². The third-order valence-corrected chi connectivity index (χ3v) is 4.36. The van der Waals surface area contributed by atoms with Gasteiger partial charge in [0.05, 0.1) is 13.3 Å². The van der Waals surface area contributed by atoms with Crippen molar-refractivity contribution in [3.05, 3.63) is 28.2 Å². The first kappa shape index (κ1) is 8.74. The Morgan fingerprint density at radius 1 is 1.43 bits per heavy atom. The minimum Gasteiger partial charge on any atom is -0.351 e. The van der Waals surface area contributed by atoms with Crippen molar-refractivity contribution in [2.45, 2.75) is 25.6 Å². The van der Waals surface area contributed by atoms with Gasteiger partial charge in [-0.2, -0.15) is 4.98 Å². The summed E-state index contributed by atoms with van der Waals surface area (Å²) in [7, 11) is -3.95. The van der Waals surface area contributed by atoms with Crippen LogP contribution < -0.4 is 10.9 Å². The first-order valence-electron chi connectivity index (χ1n) is 10.5. The number of hydrogen-bond acceptors (Lipinski definition) is 6. The van der Waals surface area contributed by atoms with Crippen LogP contribution in [0.5, 0.6) is 0 Å². The lowest BCUT2D eigenvalue weighted by molar-refractivity contribution is 0.331. The Hall–Kier alpha value is -2.00. The van der Waals surface area contributed by atoms with E-state index in [4.69, 9.17) is 11.0 Å². The summed E-state index contributed by atoms with van der Waals surface area (Å²) in [5.74, 6) is -0.601. The quantitative estimate of drug-likeness (QED) is 0.837. The molecule has 9 heteroatoms. The van der Waals surface area contributed by atoms with E-state index in [1.807, 2.05) is 0 Å². The number of nitrogens with zero attached hydrogens (tertiary/aromatic N) is 3. The summed E-state index contributed by atoms with van der Waals surface area (Å²) in [4.78, 5) is 21.8. The number of fused-ring (bicyclic) bond motifs is 1. The third kappa shape index (κ3) is 3.50. The van der Waals surface area contributed by atoms with Gasteiger partial charge in [0.25, 0.3) is 0 Å². The normalized spacial score (nSPS) is 28.9. The maximum atomic E-state index is 11.9. The minimum absolute atomic E-state index is 0.00194. The van der Waals surface area contributed by atoms with Crippen molar-refractivity contribution < 1.29 is 19.4 Å². The fraction of sp³-hybridized carbons (Fsp3) is 0.500. The van der Waals surface area contributed by atoms with Crippen LogP contribution in [0.2, 0.25) is 0 Å². The molecule has 2 aromatic rings. The van der Waals surface area contributed by atoms with Crippen LogP contribution in [0.25, 0.3) is 11.0 Å². The predicted molar refractivity (Wildman–Crippen MR) is 88.0 cm³/mol. The summed E-state index contributed by atoms with van der Waals surface area (Å²) >= 11 is 0. The molecule has 124 valence electrons. The monoisotopic (exact) mass is 345 g/mol. The standard InChI is InChI=1S/C14H19N5O3S/c1-9-11-3-4-12(20)17-13(11)18-14(15-9)16-10-5-7-19(8-6-10)23(2,21)22/h3-4,10H,5-8H2,1-2H3,(H2,15,16,17,18,20)/i1D3,5D2,6D2,10D. The highest BCUT2D eigenvalue weighted by Gasteiger charge is 2.25. The smallest absolute Gasteiger partial charge is 0.249 e. The van der Waals surface area contributed by atoms with E-state index in [2.05, 4.69) is 20.3 Å². The summed E-state index contributed by atoms with van der Waals surface area (Å²) < 4.78 is 88.8. The van der Waals surface area contributed by atoms with Crippen molar-refractivity contribution in [2.24, 2.45) is 0 Å². The number of rotatable bonds is 3. The van der Waals surface area contributed by atoms with Gasteiger partial charge in [0.2, 0.25) is 21.5 Å². The molecule has 0 amide bonds. The number of pyridine rings is 1. The molecule has 1 fully saturated rings. The van der Waals surface area contributed by atoms with Gasteiger partial charge in [0.15, 0.2) is 0 Å². The Morgan fingerprint density at radius 2 is 2.17 bits per heavy atom. The molecule has 0 aromatic carbocycles. The molecule has 0 aliphatic carbocycles. The van der Waals surface area contributed by atoms with Crippen LogP contribution >= 0.6 is 0 Å². The van der Waals surface area contributed by atoms with E-state index in [0.29, 0.717) is 4.31 Å². The highest BCUT2D eigenvalue weighted by Crippen LogP contribution is 2.18. The first-order valence-corrected chi connectivity index (χ1v) is 8.37. The minimum atomic E-state index is -3.95. The zero-order valence-corrected chi connectivity index (χ0v) is 12.9. The van der Waals surface area contributed by atoms with Crippen molar-refractivity contribution in [3.63, 3.8) is 0 Å². The number of nitrogens with one attached hydrogen (secondary N) is 2. The molecule has 0 spiro atoms. The zero-order valence-electron chi connectivity index (χ0n) is 20.0. The van der Waals surface area contributed by atoms with Crippen molar-refractivity contribution >= 4 is 27.0 Å². The van der Waals surface area contributed by atoms with E-state index in [9.17, 15) is 13.2 Å². The molecule has 1 aliphatic heterocycles. The van der Waals surface area contributed by atoms with Gasteiger partial charge in [-0.1, -0.05) is 0 Å². The second-order valence-corrected chi connectivity index (χ2v) is 6.85. The number of aryl methyl sites for hydroxylation is 1. The van der Waals surface area contributed by atoms with Gasteiger partial charge in [-0.3, -0.25) is 4.79 Å². The second kappa shape index (κ2) is 5.89. The fourth-order valence-corrected chi connectivity index (χ4v) is 2.58. The maximum absolute atomic E-state index is 11.9. The molecular weight excluding hydrogens is 318 g/mol. The van der Waals surface area contributed by atoms with E-state index in [-0.39, 0.29) is 11.0 Å². The van der Waals surface area contributed by atoms with Gasteiger partial charge in [-0.25, -0.2) is 17.7 Å². The van der Waals surface area contributed by atoms with Crippen LogP contribution in [0.4, 0.5) is 5.95 Å². The molecule has 3 rings (SSSR count). The number of sulfonamides is 1. The SMILES string of the molecule is [2H]C([2H])([2H])c1nc(NC2([2H])C([2H])([2H])CN(S(C)(=O)=O)CC2([2H])[2H])nc2[nH]c(=O)ccc12. The van der Waals surface area contributed by atoms with Crippen LogP contribution in [0, 0.1) is 6.85 Å². The van der Waals surface area contributed by atoms with E-state index in [1.165, 1.54) is 6.07 Å². The highest BCUT2D eigenvalue weighted by molar-refractivity contribution is 7.88. The summed E-state index contributed by atoms with van der Waals surface area (Å²) in [5.41, 5.74) is -1.29. The predicted octanol–water partition coefficient (Wildman–Crippen LogP) is 0.462. The molecule has 1 aliphatic rings. The summed E-state index contributed by atoms with van der Waals surface area (Å²) in [6, 6.07) is -0.507. The molecule has 3 heterocycles. The molecule has 1 saturated heterocycles. The average Bonchev–Trinajstić information content (AvgIpc) is 2.56. The van der Waals surface area contributed by atoms with Crippen LogP contribution in [0.3, 0.4) is 0 Å². The van der Waals surface area contributed by atoms with Crippen LogP contribution in [-0.2, 0) is 10.0 Å². The van der Waals surface area contributed by atoms with E-state index < -0.39 is 65.9 Å². The first-order chi connectivity index (χ1) is 13.9. The lowest BCUT2D eigenvalue weighted by Gasteiger charge is -2.30. The molecule has 0 unspecified atom stereocenters. The highest BCUT2D eigenvalue weighted by atomic mass is 32.2. The van der Waals surface area contributed by atoms with Gasteiger partial charge in [-0.15, -0.1) is 0 Å². The fourth-order valence-electron chi connectivity index (χ4n) is 1.98. The van der Waals surface area contributed by atoms with Gasteiger partial charge in [0.1, 0.15) is 5.65 Å². The molecule has 0 saturated carbocycles. The molecular formula is C14H19N5O3S. The Morgan fingerprint density at radius 3 is 2.83 bits per heavy atom. The topological polar surface area (TPSA) is 108 Å². The largest absolute Gasteiger partial charge is 0.351 e. The average molecular weight is 345 g/mol. The summed E-state index contributed by atoms with van der Waals surface area (Å²) in [5, 5.41) is 2.24. The lowest BCUT2D eigenvalue weighted by Crippen LogP contribution is -2.42. The number of H-pyrrole nitrogens is 1. The molecule has 2 aromatic heterocycles. The van der Waals surface area contributed by atoms with Crippen molar-refractivity contribution in [1.29, 1.82) is 0 Å². The number of aromatic amines is 1. The van der Waals surface area contributed by atoms with Crippen molar-refractivity contribution in [2.75, 3.05) is 24.7 Å². The van der Waals surface area contributed by atoms with Crippen molar-refractivity contribution in [1.82, 2.24) is 19.3 Å². The third-order valence-electron chi connectivity index (χ3n) is 3.16. The molecule has 8 nitrogen and oxygen atoms in total. The molecule has 23 heavy (non-hydrogen) atoms. The van der Waals surface area contributed by atoms with E-state index in [0.717, 1.165) is 12.3 Å². The Bertz CT molecular complexity index is 1180. The molecule has 0 bridgehead atoms. The summed E-state index contributed by atoms with van der Waals surface area (Å²) in [6.07, 6.45) is -4.75. The lowest BCUT2D eigenvalue weighted by atomic mass is 10.1. The van der Waals surface area contributed by atoms with Gasteiger partial charge in [-0.05, 0) is 25.7 Å². The Labute approximate surface area is 145 Å². The Kier molecular flexibility index (Phi) is 2.24. The van der Waals surface area contributed by atoms with Crippen LogP contribution in [0.15, 0.2) is 16.9 Å². The van der Waals surface area contributed by atoms with E-state index >= 15 is 0 Å².